The van der Waals surface area contributed by atoms with Crippen LogP contribution in [-0.2, 0) is 6.42 Å². The van der Waals surface area contributed by atoms with E-state index in [1.54, 1.807) is 0 Å². The normalized spacial score (nSPS) is 14.0. The van der Waals surface area contributed by atoms with E-state index in [0.717, 1.165) is 44.0 Å². The molecule has 3 heterocycles. The van der Waals surface area contributed by atoms with Crippen molar-refractivity contribution >= 4 is 34.7 Å². The second-order valence-corrected chi connectivity index (χ2v) is 7.43. The van der Waals surface area contributed by atoms with Gasteiger partial charge in [-0.15, -0.1) is 12.4 Å². The second-order valence-electron chi connectivity index (χ2n) is 7.43. The molecule has 0 aliphatic carbocycles. The average molecular weight is 420 g/mol. The van der Waals surface area contributed by atoms with E-state index in [9.17, 15) is 0 Å². The van der Waals surface area contributed by atoms with Crippen molar-refractivity contribution in [1.29, 1.82) is 0 Å². The minimum atomic E-state index is 0. The predicted molar refractivity (Wildman–Crippen MR) is 126 cm³/mol. The van der Waals surface area contributed by atoms with Crippen LogP contribution in [0.25, 0.3) is 16.6 Å². The Hall–Kier alpha value is -3.05. The van der Waals surface area contributed by atoms with Crippen molar-refractivity contribution in [3.63, 3.8) is 0 Å². The minimum Gasteiger partial charge on any atom is -0.368 e. The number of rotatable bonds is 4. The van der Waals surface area contributed by atoms with Crippen LogP contribution in [0.4, 0.5) is 11.4 Å². The van der Waals surface area contributed by atoms with Crippen molar-refractivity contribution in [2.24, 2.45) is 0 Å². The van der Waals surface area contributed by atoms with Gasteiger partial charge in [-0.1, -0.05) is 25.1 Å². The van der Waals surface area contributed by atoms with E-state index >= 15 is 0 Å². The maximum absolute atomic E-state index is 4.90. The molecule has 0 saturated carbocycles. The van der Waals surface area contributed by atoms with Gasteiger partial charge in [0, 0.05) is 55.3 Å². The van der Waals surface area contributed by atoms with Crippen molar-refractivity contribution < 1.29 is 0 Å². The van der Waals surface area contributed by atoms with Crippen LogP contribution in [0, 0.1) is 0 Å². The van der Waals surface area contributed by atoms with Crippen molar-refractivity contribution in [2.75, 3.05) is 36.0 Å². The molecule has 1 saturated heterocycles. The number of para-hydroxylation sites is 1. The van der Waals surface area contributed by atoms with Gasteiger partial charge in [0.25, 0.3) is 0 Å². The second kappa shape index (κ2) is 8.76. The van der Waals surface area contributed by atoms with Gasteiger partial charge in [-0.05, 0) is 48.9 Å². The summed E-state index contributed by atoms with van der Waals surface area (Å²) in [4.78, 5) is 9.04. The van der Waals surface area contributed by atoms with Gasteiger partial charge >= 0.3 is 0 Å². The summed E-state index contributed by atoms with van der Waals surface area (Å²) in [5.74, 6) is 0. The Bertz CT molecular complexity index is 1100. The molecule has 0 spiro atoms. The molecule has 2 aromatic heterocycles. The molecule has 30 heavy (non-hydrogen) atoms. The molecule has 0 bridgehead atoms. The highest BCUT2D eigenvalue weighted by atomic mass is 35.5. The Morgan fingerprint density at radius 3 is 2.10 bits per heavy atom. The molecule has 0 amide bonds. The summed E-state index contributed by atoms with van der Waals surface area (Å²) in [6.45, 7) is 6.21. The van der Waals surface area contributed by atoms with Crippen molar-refractivity contribution in [1.82, 2.24) is 14.8 Å². The Labute approximate surface area is 183 Å². The number of piperazine rings is 1. The first-order valence-corrected chi connectivity index (χ1v) is 10.3. The van der Waals surface area contributed by atoms with Crippen LogP contribution in [0.15, 0.2) is 73.1 Å². The van der Waals surface area contributed by atoms with Gasteiger partial charge in [0.15, 0.2) is 0 Å². The third-order valence-electron chi connectivity index (χ3n) is 5.75. The number of hydrogen-bond donors (Lipinski definition) is 0. The monoisotopic (exact) mass is 419 g/mol. The molecule has 2 aromatic carbocycles. The first-order chi connectivity index (χ1) is 14.3. The summed E-state index contributed by atoms with van der Waals surface area (Å²) in [6.07, 6.45) is 4.66. The first kappa shape index (κ1) is 20.2. The van der Waals surface area contributed by atoms with Gasteiger partial charge in [0.1, 0.15) is 0 Å². The topological polar surface area (TPSA) is 37.2 Å². The molecule has 1 aliphatic heterocycles. The first-order valence-electron chi connectivity index (χ1n) is 10.3. The summed E-state index contributed by atoms with van der Waals surface area (Å²) >= 11 is 0. The fraction of sp³-hybridized carbons (Fsp3) is 0.250. The number of hydrogen-bond acceptors (Lipinski definition) is 4. The van der Waals surface area contributed by atoms with Crippen LogP contribution in [-0.4, -0.2) is 40.9 Å². The van der Waals surface area contributed by atoms with Crippen LogP contribution < -0.4 is 9.80 Å². The van der Waals surface area contributed by atoms with Crippen molar-refractivity contribution in [3.05, 3.63) is 78.8 Å². The molecule has 0 radical (unpaired) electrons. The maximum Gasteiger partial charge on any atom is 0.0764 e. The lowest BCUT2D eigenvalue weighted by atomic mass is 10.1. The van der Waals surface area contributed by atoms with E-state index in [2.05, 4.69) is 81.0 Å². The lowest BCUT2D eigenvalue weighted by Gasteiger charge is -2.37. The van der Waals surface area contributed by atoms with Crippen LogP contribution >= 0.6 is 12.4 Å². The van der Waals surface area contributed by atoms with Crippen LogP contribution in [0.5, 0.6) is 0 Å². The van der Waals surface area contributed by atoms with Gasteiger partial charge in [-0.25, -0.2) is 4.68 Å². The minimum absolute atomic E-state index is 0. The molecule has 154 valence electrons. The molecule has 5 rings (SSSR count). The standard InChI is InChI=1S/C24H25N5.ClH/c1-2-23-22-9-8-21(18-24(22)29(26-23)20-6-4-3-5-7-20)28-16-14-27(15-17-28)19-10-12-25-13-11-19;/h3-13,18H,2,14-17H2,1H3;1H. The molecule has 6 heteroatoms. The van der Waals surface area contributed by atoms with E-state index in [1.807, 2.05) is 18.5 Å². The number of aromatic nitrogens is 3. The summed E-state index contributed by atoms with van der Waals surface area (Å²) in [7, 11) is 0. The van der Waals surface area contributed by atoms with Gasteiger partial charge in [-0.2, -0.15) is 5.10 Å². The average Bonchev–Trinajstić information content (AvgIpc) is 3.18. The maximum atomic E-state index is 4.90. The third kappa shape index (κ3) is 3.73. The highest BCUT2D eigenvalue weighted by molar-refractivity contribution is 5.87. The van der Waals surface area contributed by atoms with E-state index in [4.69, 9.17) is 5.10 Å². The molecule has 0 atom stereocenters. The molecule has 1 aliphatic rings. The zero-order valence-electron chi connectivity index (χ0n) is 17.1. The molecule has 4 aromatic rings. The summed E-state index contributed by atoms with van der Waals surface area (Å²) in [5, 5.41) is 6.15. The number of benzene rings is 2. The highest BCUT2D eigenvalue weighted by Gasteiger charge is 2.19. The Morgan fingerprint density at radius 2 is 1.43 bits per heavy atom. The van der Waals surface area contributed by atoms with Gasteiger partial charge in [0.2, 0.25) is 0 Å². The highest BCUT2D eigenvalue weighted by Crippen LogP contribution is 2.28. The number of aryl methyl sites for hydroxylation is 1. The number of nitrogens with zero attached hydrogens (tertiary/aromatic N) is 5. The molecule has 1 fully saturated rings. The summed E-state index contributed by atoms with van der Waals surface area (Å²) in [5.41, 5.74) is 5.97. The number of fused-ring (bicyclic) bond motifs is 1. The number of halogens is 1. The molecule has 0 unspecified atom stereocenters. The summed E-state index contributed by atoms with van der Waals surface area (Å²) < 4.78 is 2.09. The third-order valence-corrected chi connectivity index (χ3v) is 5.75. The zero-order chi connectivity index (χ0) is 19.6. The van der Waals surface area contributed by atoms with Crippen molar-refractivity contribution in [2.45, 2.75) is 13.3 Å². The smallest absolute Gasteiger partial charge is 0.0764 e. The van der Waals surface area contributed by atoms with Gasteiger partial charge in [0.05, 0.1) is 16.9 Å². The SMILES string of the molecule is CCc1nn(-c2ccccc2)c2cc(N3CCN(c4ccncc4)CC3)ccc12.Cl. The molecule has 5 nitrogen and oxygen atoms in total. The van der Waals surface area contributed by atoms with E-state index in [0.29, 0.717) is 0 Å². The quantitative estimate of drug-likeness (QED) is 0.479. The summed E-state index contributed by atoms with van der Waals surface area (Å²) in [6, 6.07) is 21.4. The Morgan fingerprint density at radius 1 is 0.767 bits per heavy atom. The zero-order valence-corrected chi connectivity index (χ0v) is 17.9. The van der Waals surface area contributed by atoms with Crippen molar-refractivity contribution in [3.8, 4) is 5.69 Å². The Balaban J connectivity index is 0.00000218. The Kier molecular flexibility index (Phi) is 5.91. The van der Waals surface area contributed by atoms with E-state index < -0.39 is 0 Å². The van der Waals surface area contributed by atoms with Crippen LogP contribution in [0.2, 0.25) is 0 Å². The van der Waals surface area contributed by atoms with E-state index in [1.165, 1.54) is 22.3 Å². The largest absolute Gasteiger partial charge is 0.368 e. The number of pyridine rings is 1. The van der Waals surface area contributed by atoms with Gasteiger partial charge < -0.3 is 9.80 Å². The molecular formula is C24H26ClN5. The number of anilines is 2. The lowest BCUT2D eigenvalue weighted by Crippen LogP contribution is -2.46. The lowest BCUT2D eigenvalue weighted by molar-refractivity contribution is 0.653. The molecule has 0 N–H and O–H groups in total. The fourth-order valence-electron chi connectivity index (χ4n) is 4.17. The fourth-order valence-corrected chi connectivity index (χ4v) is 4.17. The van der Waals surface area contributed by atoms with Crippen LogP contribution in [0.3, 0.4) is 0 Å². The van der Waals surface area contributed by atoms with Gasteiger partial charge in [-0.3, -0.25) is 4.98 Å². The van der Waals surface area contributed by atoms with E-state index in [-0.39, 0.29) is 12.4 Å². The predicted octanol–water partition coefficient (Wildman–Crippen LogP) is 4.73. The molecular weight excluding hydrogens is 394 g/mol. The van der Waals surface area contributed by atoms with Crippen LogP contribution in [0.1, 0.15) is 12.6 Å².